The lowest BCUT2D eigenvalue weighted by Gasteiger charge is -2.20. The minimum atomic E-state index is -0.235. The number of benzene rings is 1. The molecule has 0 fully saturated rings. The number of hydrogen-bond donors (Lipinski definition) is 2. The lowest BCUT2D eigenvalue weighted by molar-refractivity contribution is -0.124. The van der Waals surface area contributed by atoms with Crippen LogP contribution in [0.2, 0.25) is 0 Å². The average Bonchev–Trinajstić information content (AvgIpc) is 2.56. The van der Waals surface area contributed by atoms with Crippen LogP contribution in [0.25, 0.3) is 0 Å². The molecule has 1 amide bonds. The second-order valence-electron chi connectivity index (χ2n) is 7.29. The summed E-state index contributed by atoms with van der Waals surface area (Å²) in [6, 6.07) is 7.90. The van der Waals surface area contributed by atoms with Gasteiger partial charge in [-0.3, -0.25) is 4.79 Å². The Bertz CT molecular complexity index is 501. The summed E-state index contributed by atoms with van der Waals surface area (Å²) in [5.41, 5.74) is 0.982. The van der Waals surface area contributed by atoms with Gasteiger partial charge in [0.15, 0.2) is 6.61 Å². The molecule has 0 unspecified atom stereocenters. The summed E-state index contributed by atoms with van der Waals surface area (Å²) in [6.07, 6.45) is 1.16. The Morgan fingerprint density at radius 1 is 1.07 bits per heavy atom. The summed E-state index contributed by atoms with van der Waals surface area (Å²) in [4.78, 5) is 14.2. The van der Waals surface area contributed by atoms with E-state index >= 15 is 0 Å². The van der Waals surface area contributed by atoms with E-state index in [-0.39, 0.29) is 42.9 Å². The molecule has 1 rings (SSSR count). The van der Waals surface area contributed by atoms with Crippen molar-refractivity contribution in [2.45, 2.75) is 53.1 Å². The maximum atomic E-state index is 11.7. The summed E-state index contributed by atoms with van der Waals surface area (Å²) in [5.74, 6) is 0.612. The zero-order chi connectivity index (χ0) is 18.7. The Morgan fingerprint density at radius 3 is 2.19 bits per heavy atom. The smallest absolute Gasteiger partial charge is 0.258 e. The summed E-state index contributed by atoms with van der Waals surface area (Å²) in [5, 5.41) is 6.35. The molecule has 0 saturated carbocycles. The monoisotopic (exact) mass is 421 g/mol. The van der Waals surface area contributed by atoms with Crippen LogP contribution in [-0.4, -0.2) is 49.1 Å². The maximum Gasteiger partial charge on any atom is 0.258 e. The molecule has 0 saturated heterocycles. The predicted molar refractivity (Wildman–Crippen MR) is 118 cm³/mol. The number of carbonyl (C=O) groups is 1. The fraction of sp³-hybridized carbons (Fsp3) is 0.650. The van der Waals surface area contributed by atoms with Gasteiger partial charge < -0.3 is 20.3 Å². The number of amides is 1. The van der Waals surface area contributed by atoms with Gasteiger partial charge in [0.05, 0.1) is 0 Å². The van der Waals surface area contributed by atoms with Crippen molar-refractivity contribution in [3.63, 3.8) is 0 Å². The molecule has 0 radical (unpaired) electrons. The maximum absolute atomic E-state index is 11.7. The fourth-order valence-electron chi connectivity index (χ4n) is 2.51. The van der Waals surface area contributed by atoms with E-state index in [0.29, 0.717) is 5.75 Å². The fourth-order valence-corrected chi connectivity index (χ4v) is 2.51. The van der Waals surface area contributed by atoms with Gasteiger partial charge in [0.25, 0.3) is 5.91 Å². The third-order valence-corrected chi connectivity index (χ3v) is 3.86. The highest BCUT2D eigenvalue weighted by Gasteiger charge is 2.13. The van der Waals surface area contributed by atoms with Crippen molar-refractivity contribution in [3.8, 4) is 5.75 Å². The number of ether oxygens (including phenoxy) is 1. The van der Waals surface area contributed by atoms with Gasteiger partial charge in [-0.15, -0.1) is 24.8 Å². The number of halogens is 2. The first-order chi connectivity index (χ1) is 11.8. The van der Waals surface area contributed by atoms with Gasteiger partial charge in [-0.05, 0) is 71.1 Å². The molecule has 158 valence electrons. The molecule has 0 spiro atoms. The molecule has 1 aromatic rings. The molecule has 0 aliphatic heterocycles. The van der Waals surface area contributed by atoms with Gasteiger partial charge in [0, 0.05) is 12.1 Å². The Labute approximate surface area is 177 Å². The van der Waals surface area contributed by atoms with Crippen LogP contribution in [0.4, 0.5) is 0 Å². The highest BCUT2D eigenvalue weighted by atomic mass is 35.5. The second kappa shape index (κ2) is 15.0. The minimum Gasteiger partial charge on any atom is -0.484 e. The van der Waals surface area contributed by atoms with Gasteiger partial charge in [-0.1, -0.05) is 26.0 Å². The van der Waals surface area contributed by atoms with E-state index in [4.69, 9.17) is 4.74 Å². The molecule has 1 aromatic carbocycles. The van der Waals surface area contributed by atoms with Gasteiger partial charge in [-0.2, -0.15) is 0 Å². The summed E-state index contributed by atoms with van der Waals surface area (Å²) < 4.78 is 5.52. The van der Waals surface area contributed by atoms with Gasteiger partial charge >= 0.3 is 0 Å². The lowest BCUT2D eigenvalue weighted by atomic mass is 10.1. The minimum absolute atomic E-state index is 0. The largest absolute Gasteiger partial charge is 0.484 e. The van der Waals surface area contributed by atoms with E-state index in [2.05, 4.69) is 29.4 Å². The van der Waals surface area contributed by atoms with Crippen LogP contribution >= 0.6 is 24.8 Å². The van der Waals surface area contributed by atoms with Crippen molar-refractivity contribution in [3.05, 3.63) is 29.8 Å². The van der Waals surface area contributed by atoms with Crippen molar-refractivity contribution in [2.24, 2.45) is 0 Å². The summed E-state index contributed by atoms with van der Waals surface area (Å²) >= 11 is 0. The van der Waals surface area contributed by atoms with Gasteiger partial charge in [0.1, 0.15) is 5.75 Å². The quantitative estimate of drug-likeness (QED) is 0.535. The van der Waals surface area contributed by atoms with E-state index in [1.165, 1.54) is 5.56 Å². The predicted octanol–water partition coefficient (Wildman–Crippen LogP) is 3.65. The van der Waals surface area contributed by atoms with Gasteiger partial charge in [0.2, 0.25) is 0 Å². The third kappa shape index (κ3) is 13.8. The van der Waals surface area contributed by atoms with Crippen LogP contribution in [0.5, 0.6) is 5.75 Å². The first-order valence-corrected chi connectivity index (χ1v) is 9.30. The van der Waals surface area contributed by atoms with Crippen molar-refractivity contribution in [1.29, 1.82) is 0 Å². The molecular formula is C20H37Cl2N3O2. The van der Waals surface area contributed by atoms with Crippen molar-refractivity contribution >= 4 is 30.7 Å². The van der Waals surface area contributed by atoms with E-state index < -0.39 is 0 Å². The van der Waals surface area contributed by atoms with Gasteiger partial charge in [-0.25, -0.2) is 0 Å². The van der Waals surface area contributed by atoms with E-state index in [1.807, 2.05) is 45.0 Å². The first-order valence-electron chi connectivity index (χ1n) is 9.30. The number of hydrogen-bond acceptors (Lipinski definition) is 4. The van der Waals surface area contributed by atoms with Crippen LogP contribution in [0.3, 0.4) is 0 Å². The zero-order valence-corrected chi connectivity index (χ0v) is 19.0. The number of nitrogens with zero attached hydrogens (tertiary/aromatic N) is 1. The average molecular weight is 422 g/mol. The van der Waals surface area contributed by atoms with Crippen LogP contribution in [-0.2, 0) is 11.3 Å². The number of carbonyl (C=O) groups excluding carboxylic acids is 1. The Balaban J connectivity index is 0. The molecule has 0 atom stereocenters. The molecule has 0 aromatic heterocycles. The van der Waals surface area contributed by atoms with E-state index in [9.17, 15) is 4.79 Å². The zero-order valence-electron chi connectivity index (χ0n) is 17.3. The van der Waals surface area contributed by atoms with Crippen LogP contribution in [0, 0.1) is 0 Å². The molecule has 27 heavy (non-hydrogen) atoms. The Kier molecular flexibility index (Phi) is 15.6. The van der Waals surface area contributed by atoms with Crippen LogP contribution in [0.15, 0.2) is 24.3 Å². The molecular weight excluding hydrogens is 385 g/mol. The summed E-state index contributed by atoms with van der Waals surface area (Å²) in [7, 11) is 0. The molecule has 5 nitrogen and oxygen atoms in total. The standard InChI is InChI=1S/C20H35N3O2.2ClH/c1-6-23(7-2)14-8-13-21-15-17-9-11-18(12-10-17)25-16-19(24)22-20(3,4)5;;/h9-12,21H,6-8,13-16H2,1-5H3,(H,22,24);2*1H. The second-order valence-corrected chi connectivity index (χ2v) is 7.29. The topological polar surface area (TPSA) is 53.6 Å². The van der Waals surface area contributed by atoms with Crippen LogP contribution in [0.1, 0.15) is 46.6 Å². The highest BCUT2D eigenvalue weighted by Crippen LogP contribution is 2.12. The van der Waals surface area contributed by atoms with E-state index in [1.54, 1.807) is 0 Å². The molecule has 0 heterocycles. The summed E-state index contributed by atoms with van der Waals surface area (Å²) in [6.45, 7) is 15.5. The highest BCUT2D eigenvalue weighted by molar-refractivity contribution is 5.85. The first kappa shape index (κ1) is 28.2. The van der Waals surface area contributed by atoms with E-state index in [0.717, 1.165) is 39.1 Å². The van der Waals surface area contributed by atoms with Crippen LogP contribution < -0.4 is 15.4 Å². The normalized spacial score (nSPS) is 10.7. The number of rotatable bonds is 11. The Hall–Kier alpha value is -1.01. The molecule has 2 N–H and O–H groups in total. The third-order valence-electron chi connectivity index (χ3n) is 3.86. The molecule has 0 aliphatic rings. The van der Waals surface area contributed by atoms with Crippen molar-refractivity contribution in [1.82, 2.24) is 15.5 Å². The number of nitrogens with one attached hydrogen (secondary N) is 2. The lowest BCUT2D eigenvalue weighted by Crippen LogP contribution is -2.43. The van der Waals surface area contributed by atoms with Crippen molar-refractivity contribution < 1.29 is 9.53 Å². The molecule has 7 heteroatoms. The molecule has 0 aliphatic carbocycles. The Morgan fingerprint density at radius 2 is 1.67 bits per heavy atom. The molecule has 0 bridgehead atoms. The SMILES string of the molecule is CCN(CC)CCCNCc1ccc(OCC(=O)NC(C)(C)C)cc1.Cl.Cl. The van der Waals surface area contributed by atoms with Crippen molar-refractivity contribution in [2.75, 3.05) is 32.8 Å².